The summed E-state index contributed by atoms with van der Waals surface area (Å²) in [6.45, 7) is 4.70. The van der Waals surface area contributed by atoms with Crippen molar-refractivity contribution in [2.24, 2.45) is 5.92 Å². The molecule has 2 aromatic carbocycles. The van der Waals surface area contributed by atoms with Gasteiger partial charge in [-0.15, -0.1) is 10.2 Å². The van der Waals surface area contributed by atoms with Crippen LogP contribution in [0, 0.1) is 19.8 Å². The summed E-state index contributed by atoms with van der Waals surface area (Å²) in [6.07, 6.45) is 2.48. The van der Waals surface area contributed by atoms with Crippen LogP contribution in [0.1, 0.15) is 34.7 Å². The second-order valence-electron chi connectivity index (χ2n) is 7.36. The lowest BCUT2D eigenvalue weighted by Gasteiger charge is -2.17. The van der Waals surface area contributed by atoms with Crippen molar-refractivity contribution in [3.05, 3.63) is 59.5 Å². The highest BCUT2D eigenvalue weighted by molar-refractivity contribution is 5.94. The number of rotatable bonds is 5. The number of amides is 1. The molecule has 4 rings (SSSR count). The molecule has 0 aliphatic heterocycles. The SMILES string of the molecule is Cc1nnc(-c2ccc(C)c(-c3ccc(C(=O)N(C)CC4CC4)cc3)c2)o1. The largest absolute Gasteiger partial charge is 0.421 e. The number of benzene rings is 2. The van der Waals surface area contributed by atoms with Crippen molar-refractivity contribution < 1.29 is 9.21 Å². The van der Waals surface area contributed by atoms with E-state index in [1.165, 1.54) is 12.8 Å². The first-order valence-corrected chi connectivity index (χ1v) is 9.28. The normalized spacial score (nSPS) is 13.6. The number of carbonyl (C=O) groups excluding carboxylic acids is 1. The summed E-state index contributed by atoms with van der Waals surface area (Å²) >= 11 is 0. The van der Waals surface area contributed by atoms with E-state index < -0.39 is 0 Å². The van der Waals surface area contributed by atoms with Crippen LogP contribution in [-0.4, -0.2) is 34.6 Å². The lowest BCUT2D eigenvalue weighted by atomic mass is 9.97. The summed E-state index contributed by atoms with van der Waals surface area (Å²) in [7, 11) is 1.88. The minimum absolute atomic E-state index is 0.0836. The van der Waals surface area contributed by atoms with Crippen molar-refractivity contribution >= 4 is 5.91 Å². The van der Waals surface area contributed by atoms with Crippen LogP contribution < -0.4 is 0 Å². The minimum atomic E-state index is 0.0836. The third kappa shape index (κ3) is 3.77. The Bertz CT molecular complexity index is 971. The van der Waals surface area contributed by atoms with Crippen molar-refractivity contribution in [3.8, 4) is 22.6 Å². The first kappa shape index (κ1) is 17.5. The second kappa shape index (κ2) is 6.99. The molecule has 0 N–H and O–H groups in total. The summed E-state index contributed by atoms with van der Waals surface area (Å²) in [5.41, 5.74) is 4.92. The van der Waals surface area contributed by atoms with Crippen molar-refractivity contribution in [1.29, 1.82) is 0 Å². The number of carbonyl (C=O) groups is 1. The zero-order valence-electron chi connectivity index (χ0n) is 15.9. The lowest BCUT2D eigenvalue weighted by Crippen LogP contribution is -2.28. The Morgan fingerprint density at radius 3 is 2.41 bits per heavy atom. The first-order chi connectivity index (χ1) is 13.0. The summed E-state index contributed by atoms with van der Waals surface area (Å²) in [4.78, 5) is 14.4. The smallest absolute Gasteiger partial charge is 0.253 e. The Hall–Kier alpha value is -2.95. The summed E-state index contributed by atoms with van der Waals surface area (Å²) < 4.78 is 5.54. The molecule has 0 bridgehead atoms. The zero-order chi connectivity index (χ0) is 19.0. The molecule has 1 saturated carbocycles. The molecule has 0 unspecified atom stereocenters. The Kier molecular flexibility index (Phi) is 4.52. The molecule has 5 heteroatoms. The van der Waals surface area contributed by atoms with Gasteiger partial charge in [0.05, 0.1) is 0 Å². The summed E-state index contributed by atoms with van der Waals surface area (Å²) in [5.74, 6) is 1.84. The van der Waals surface area contributed by atoms with Crippen molar-refractivity contribution in [2.75, 3.05) is 13.6 Å². The highest BCUT2D eigenvalue weighted by atomic mass is 16.4. The van der Waals surface area contributed by atoms with Crippen molar-refractivity contribution in [2.45, 2.75) is 26.7 Å². The Labute approximate surface area is 159 Å². The third-order valence-electron chi connectivity index (χ3n) is 5.03. The van der Waals surface area contributed by atoms with Crippen LogP contribution >= 0.6 is 0 Å². The van der Waals surface area contributed by atoms with Crippen molar-refractivity contribution in [3.63, 3.8) is 0 Å². The molecule has 1 heterocycles. The molecule has 1 fully saturated rings. The number of nitrogens with zero attached hydrogens (tertiary/aromatic N) is 3. The van der Waals surface area contributed by atoms with Gasteiger partial charge in [-0.3, -0.25) is 4.79 Å². The Morgan fingerprint density at radius 2 is 1.78 bits per heavy atom. The second-order valence-corrected chi connectivity index (χ2v) is 7.36. The van der Waals surface area contributed by atoms with Gasteiger partial charge in [0.1, 0.15) is 0 Å². The molecule has 1 aromatic heterocycles. The van der Waals surface area contributed by atoms with E-state index in [0.717, 1.165) is 34.4 Å². The van der Waals surface area contributed by atoms with Crippen LogP contribution in [0.2, 0.25) is 0 Å². The van der Waals surface area contributed by atoms with E-state index in [0.29, 0.717) is 17.7 Å². The van der Waals surface area contributed by atoms with Gasteiger partial charge in [0, 0.05) is 31.6 Å². The lowest BCUT2D eigenvalue weighted by molar-refractivity contribution is 0.0788. The van der Waals surface area contributed by atoms with Gasteiger partial charge in [-0.2, -0.15) is 0 Å². The monoisotopic (exact) mass is 361 g/mol. The molecule has 27 heavy (non-hydrogen) atoms. The predicted molar refractivity (Wildman–Crippen MR) is 104 cm³/mol. The predicted octanol–water partition coefficient (Wildman–Crippen LogP) is 4.50. The topological polar surface area (TPSA) is 59.2 Å². The van der Waals surface area contributed by atoms with Gasteiger partial charge in [-0.05, 0) is 66.6 Å². The third-order valence-corrected chi connectivity index (χ3v) is 5.03. The maximum atomic E-state index is 12.6. The van der Waals surface area contributed by atoms with E-state index in [1.807, 2.05) is 48.3 Å². The van der Waals surface area contributed by atoms with E-state index >= 15 is 0 Å². The van der Waals surface area contributed by atoms with E-state index in [-0.39, 0.29) is 5.91 Å². The maximum absolute atomic E-state index is 12.6. The standard InChI is InChI=1S/C22H23N3O2/c1-14-4-7-19(21-24-23-15(2)27-21)12-20(14)17-8-10-18(11-9-17)22(26)25(3)13-16-5-6-16/h4,7-12,16H,5-6,13H2,1-3H3. The van der Waals surface area contributed by atoms with Gasteiger partial charge in [0.2, 0.25) is 11.8 Å². The van der Waals surface area contributed by atoms with Gasteiger partial charge in [-0.1, -0.05) is 18.2 Å². The Balaban J connectivity index is 1.59. The molecular formula is C22H23N3O2. The van der Waals surface area contributed by atoms with Crippen LogP contribution in [0.25, 0.3) is 22.6 Å². The number of hydrogen-bond donors (Lipinski definition) is 0. The summed E-state index contributed by atoms with van der Waals surface area (Å²) in [6, 6.07) is 13.9. The highest BCUT2D eigenvalue weighted by Gasteiger charge is 2.25. The zero-order valence-corrected chi connectivity index (χ0v) is 15.9. The molecule has 0 radical (unpaired) electrons. The molecule has 1 aliphatic carbocycles. The molecule has 0 saturated heterocycles. The van der Waals surface area contributed by atoms with E-state index in [2.05, 4.69) is 23.2 Å². The molecule has 3 aromatic rings. The van der Waals surface area contributed by atoms with Gasteiger partial charge >= 0.3 is 0 Å². The quantitative estimate of drug-likeness (QED) is 0.671. The average Bonchev–Trinajstić information content (AvgIpc) is 3.39. The molecular weight excluding hydrogens is 338 g/mol. The fraction of sp³-hybridized carbons (Fsp3) is 0.318. The van der Waals surface area contributed by atoms with Crippen molar-refractivity contribution in [1.82, 2.24) is 15.1 Å². The maximum Gasteiger partial charge on any atom is 0.253 e. The van der Waals surface area contributed by atoms with Gasteiger partial charge < -0.3 is 9.32 Å². The summed E-state index contributed by atoms with van der Waals surface area (Å²) in [5, 5.41) is 8.00. The van der Waals surface area contributed by atoms with E-state index in [9.17, 15) is 4.79 Å². The first-order valence-electron chi connectivity index (χ1n) is 9.28. The highest BCUT2D eigenvalue weighted by Crippen LogP contribution is 2.31. The molecule has 138 valence electrons. The van der Waals surface area contributed by atoms with E-state index in [4.69, 9.17) is 4.42 Å². The van der Waals surface area contributed by atoms with Gasteiger partial charge in [0.15, 0.2) is 0 Å². The van der Waals surface area contributed by atoms with Crippen LogP contribution in [0.5, 0.6) is 0 Å². The molecule has 1 aliphatic rings. The minimum Gasteiger partial charge on any atom is -0.421 e. The van der Waals surface area contributed by atoms with Gasteiger partial charge in [-0.25, -0.2) is 0 Å². The van der Waals surface area contributed by atoms with Crippen LogP contribution in [-0.2, 0) is 0 Å². The van der Waals surface area contributed by atoms with Crippen LogP contribution in [0.15, 0.2) is 46.9 Å². The molecule has 1 amide bonds. The number of aryl methyl sites for hydroxylation is 2. The number of hydrogen-bond acceptors (Lipinski definition) is 4. The van der Waals surface area contributed by atoms with Crippen LogP contribution in [0.3, 0.4) is 0 Å². The van der Waals surface area contributed by atoms with E-state index in [1.54, 1.807) is 6.92 Å². The number of aromatic nitrogens is 2. The molecule has 0 atom stereocenters. The molecule has 5 nitrogen and oxygen atoms in total. The van der Waals surface area contributed by atoms with Gasteiger partial charge in [0.25, 0.3) is 5.91 Å². The Morgan fingerprint density at radius 1 is 1.07 bits per heavy atom. The average molecular weight is 361 g/mol. The fourth-order valence-electron chi connectivity index (χ4n) is 3.26. The van der Waals surface area contributed by atoms with Crippen LogP contribution in [0.4, 0.5) is 0 Å². The fourth-order valence-corrected chi connectivity index (χ4v) is 3.26. The molecule has 0 spiro atoms.